The van der Waals surface area contributed by atoms with E-state index in [-0.39, 0.29) is 63.4 Å². The number of amides is 8. The molecule has 446 valence electrons. The summed E-state index contributed by atoms with van der Waals surface area (Å²) < 4.78 is 14.6. The molecule has 0 bridgehead atoms. The van der Waals surface area contributed by atoms with Crippen molar-refractivity contribution < 1.29 is 47.8 Å². The predicted molar refractivity (Wildman–Crippen MR) is 293 cm³/mol. The quantitative estimate of drug-likeness (QED) is 0.0312. The van der Waals surface area contributed by atoms with E-state index in [0.29, 0.717) is 116 Å². The van der Waals surface area contributed by atoms with Gasteiger partial charge in [-0.1, -0.05) is 17.4 Å². The highest BCUT2D eigenvalue weighted by molar-refractivity contribution is 5.98. The second kappa shape index (κ2) is 40.0. The van der Waals surface area contributed by atoms with E-state index in [9.17, 15) is 38.4 Å². The third-order valence-corrected chi connectivity index (χ3v) is 12.9. The summed E-state index contributed by atoms with van der Waals surface area (Å²) in [5.74, 6) is -4.43. The van der Waals surface area contributed by atoms with Crippen LogP contribution in [0.25, 0.3) is 0 Å². The first-order chi connectivity index (χ1) is 38.2. The summed E-state index contributed by atoms with van der Waals surface area (Å²) in [5.41, 5.74) is 1.42. The number of rotatable bonds is 37. The largest absolute Gasteiger partial charge is 0.377 e. The van der Waals surface area contributed by atoms with Crippen LogP contribution < -0.4 is 63.8 Å². The van der Waals surface area contributed by atoms with Gasteiger partial charge in [-0.2, -0.15) is 0 Å². The maximum Gasteiger partial charge on any atom is 0.243 e. The summed E-state index contributed by atoms with van der Waals surface area (Å²) in [5, 5.41) is 50.9. The second-order valence-corrected chi connectivity index (χ2v) is 19.6. The molecule has 1 aliphatic rings. The highest BCUT2D eigenvalue weighted by Crippen LogP contribution is 2.10. The molecule has 0 aliphatic carbocycles. The van der Waals surface area contributed by atoms with Crippen LogP contribution in [0.5, 0.6) is 0 Å². The van der Waals surface area contributed by atoms with Crippen LogP contribution >= 0.6 is 0 Å². The standard InChI is InChI=1S/C51H92N18O10/c1-7-55-32-38-34-68(66-64-38)26-28-78-30-31-79-29-27-69-35-39(65-67-69)33-57-45(71)21-20-44(70)56-25-15-11-19-43-51(77)62-41(17-9-13-23-53-5)49(75)59-36(2)46(72)60-40(16-8-12-22-52-4)48(74)58-37(3)47(73)61-42(50(76)63-43)18-10-14-24-54-6/h34-37,40-43,52-55H,7-33H2,1-6H3,(H,56,70)(H,57,71)(H,58,74)(H,59,75)(H,60,72)(H,61,73)(H,62,77)(H,63,76)/t36-,37-,40+,41+,42+,43-/m1/s1. The van der Waals surface area contributed by atoms with Gasteiger partial charge >= 0.3 is 0 Å². The zero-order valence-electron chi connectivity index (χ0n) is 47.5. The lowest BCUT2D eigenvalue weighted by Crippen LogP contribution is -2.60. The fraction of sp³-hybridized carbons (Fsp3) is 0.765. The number of ether oxygens (including phenoxy) is 2. The average molecular weight is 1120 g/mol. The third-order valence-electron chi connectivity index (χ3n) is 12.9. The molecule has 3 rings (SSSR count). The molecule has 0 radical (unpaired) electrons. The van der Waals surface area contributed by atoms with Gasteiger partial charge in [0.2, 0.25) is 47.3 Å². The minimum Gasteiger partial charge on any atom is -0.377 e. The van der Waals surface area contributed by atoms with Gasteiger partial charge in [-0.05, 0) is 138 Å². The van der Waals surface area contributed by atoms with E-state index in [4.69, 9.17) is 9.47 Å². The summed E-state index contributed by atoms with van der Waals surface area (Å²) in [6.45, 7) is 11.6. The Morgan fingerprint density at radius 3 is 1.27 bits per heavy atom. The molecule has 1 saturated heterocycles. The monoisotopic (exact) mass is 1120 g/mol. The van der Waals surface area contributed by atoms with Crippen molar-refractivity contribution in [3.05, 3.63) is 23.8 Å². The van der Waals surface area contributed by atoms with Gasteiger partial charge in [-0.15, -0.1) is 10.2 Å². The van der Waals surface area contributed by atoms with Crippen LogP contribution in [0.1, 0.15) is 122 Å². The number of nitrogens with one attached hydrogen (secondary N) is 12. The lowest BCUT2D eigenvalue weighted by Gasteiger charge is -2.28. The van der Waals surface area contributed by atoms with Gasteiger partial charge < -0.3 is 73.3 Å². The minimum atomic E-state index is -1.16. The molecule has 3 heterocycles. The number of nitrogens with zero attached hydrogens (tertiary/aromatic N) is 6. The maximum absolute atomic E-state index is 14.2. The molecule has 8 amide bonds. The highest BCUT2D eigenvalue weighted by atomic mass is 16.5. The smallest absolute Gasteiger partial charge is 0.243 e. The first kappa shape index (κ1) is 67.1. The molecule has 12 N–H and O–H groups in total. The highest BCUT2D eigenvalue weighted by Gasteiger charge is 2.33. The van der Waals surface area contributed by atoms with Crippen LogP contribution in [0.3, 0.4) is 0 Å². The Kier molecular flexibility index (Phi) is 34.0. The zero-order valence-corrected chi connectivity index (χ0v) is 47.5. The minimum absolute atomic E-state index is 0.0663. The van der Waals surface area contributed by atoms with Gasteiger partial charge in [-0.3, -0.25) is 38.4 Å². The van der Waals surface area contributed by atoms with Crippen LogP contribution in [-0.4, -0.2) is 194 Å². The van der Waals surface area contributed by atoms with Crippen LogP contribution in [0.4, 0.5) is 0 Å². The fourth-order valence-electron chi connectivity index (χ4n) is 8.17. The molecular weight excluding hydrogens is 1020 g/mol. The van der Waals surface area contributed by atoms with E-state index < -0.39 is 71.7 Å². The predicted octanol–water partition coefficient (Wildman–Crippen LogP) is -2.47. The molecule has 2 aromatic rings. The van der Waals surface area contributed by atoms with Crippen LogP contribution in [0.2, 0.25) is 0 Å². The number of carbonyl (C=O) groups is 8. The summed E-state index contributed by atoms with van der Waals surface area (Å²) in [7, 11) is 5.41. The van der Waals surface area contributed by atoms with E-state index >= 15 is 0 Å². The van der Waals surface area contributed by atoms with Gasteiger partial charge in [0.1, 0.15) is 41.9 Å². The Bertz CT molecular complexity index is 2120. The van der Waals surface area contributed by atoms with Gasteiger partial charge in [0, 0.05) is 32.1 Å². The van der Waals surface area contributed by atoms with Gasteiger partial charge in [0.05, 0.1) is 58.0 Å². The average Bonchev–Trinajstić information content (AvgIpc) is 4.12. The maximum atomic E-state index is 14.2. The number of carbonyl (C=O) groups excluding carboxylic acids is 8. The number of hydrogen-bond acceptors (Lipinski definition) is 18. The van der Waals surface area contributed by atoms with E-state index in [1.807, 2.05) is 20.2 Å². The van der Waals surface area contributed by atoms with Crippen LogP contribution in [0.15, 0.2) is 12.4 Å². The first-order valence-corrected chi connectivity index (χ1v) is 28.1. The molecule has 1 aliphatic heterocycles. The molecular formula is C51H92N18O10. The van der Waals surface area contributed by atoms with Crippen LogP contribution in [0, 0.1) is 0 Å². The van der Waals surface area contributed by atoms with Gasteiger partial charge in [0.25, 0.3) is 0 Å². The molecule has 0 aromatic carbocycles. The number of aromatic nitrogens is 6. The summed E-state index contributed by atoms with van der Waals surface area (Å²) in [6.07, 6.45) is 8.74. The number of unbranched alkanes of at least 4 members (excludes halogenated alkanes) is 4. The van der Waals surface area contributed by atoms with Crippen molar-refractivity contribution in [2.24, 2.45) is 0 Å². The Balaban J connectivity index is 1.54. The molecule has 6 atom stereocenters. The third kappa shape index (κ3) is 28.5. The molecule has 79 heavy (non-hydrogen) atoms. The van der Waals surface area contributed by atoms with E-state index in [2.05, 4.69) is 84.4 Å². The normalized spacial score (nSPS) is 19.8. The molecule has 1 fully saturated rings. The van der Waals surface area contributed by atoms with Crippen molar-refractivity contribution in [3.63, 3.8) is 0 Å². The van der Waals surface area contributed by atoms with Crippen molar-refractivity contribution in [2.75, 3.05) is 80.3 Å². The molecule has 0 unspecified atom stereocenters. The van der Waals surface area contributed by atoms with Crippen molar-refractivity contribution >= 4 is 47.3 Å². The summed E-state index contributed by atoms with van der Waals surface area (Å²) in [6, 6.07) is -6.57. The summed E-state index contributed by atoms with van der Waals surface area (Å²) >= 11 is 0. The molecule has 28 nitrogen and oxygen atoms in total. The van der Waals surface area contributed by atoms with Crippen molar-refractivity contribution in [3.8, 4) is 0 Å². The molecule has 0 saturated carbocycles. The van der Waals surface area contributed by atoms with Gasteiger partial charge in [0.15, 0.2) is 0 Å². The Morgan fingerprint density at radius 2 is 0.861 bits per heavy atom. The molecule has 28 heteroatoms. The zero-order chi connectivity index (χ0) is 57.6. The van der Waals surface area contributed by atoms with E-state index in [0.717, 1.165) is 18.7 Å². The fourth-order valence-corrected chi connectivity index (χ4v) is 8.17. The topological polar surface area (TPSA) is 361 Å². The van der Waals surface area contributed by atoms with E-state index in [1.165, 1.54) is 13.8 Å². The number of hydrogen-bond donors (Lipinski definition) is 12. The van der Waals surface area contributed by atoms with Crippen LogP contribution in [-0.2, 0) is 74.0 Å². The van der Waals surface area contributed by atoms with Crippen molar-refractivity contribution in [2.45, 2.75) is 173 Å². The Labute approximate surface area is 464 Å². The van der Waals surface area contributed by atoms with E-state index in [1.54, 1.807) is 29.7 Å². The second-order valence-electron chi connectivity index (χ2n) is 19.6. The van der Waals surface area contributed by atoms with Crippen molar-refractivity contribution in [1.82, 2.24) is 93.8 Å². The SMILES string of the molecule is CCNCc1cn(CCOCCOCCn2cc(CNC(=O)CCC(=O)NCCCC[C@H]3NC(=O)[C@H](CCCCNC)NC(=O)[C@@H](C)NC(=O)[C@H](CCCCNC)NC(=O)[C@@H](C)NC(=O)[C@H](CCCCNC)NC3=O)nn2)nn1. The molecule has 0 spiro atoms. The van der Waals surface area contributed by atoms with Gasteiger partial charge in [-0.25, -0.2) is 9.36 Å². The lowest BCUT2D eigenvalue weighted by molar-refractivity contribution is -0.136. The summed E-state index contributed by atoms with van der Waals surface area (Å²) in [4.78, 5) is 108. The molecule has 2 aromatic heterocycles. The van der Waals surface area contributed by atoms with Crippen molar-refractivity contribution in [1.29, 1.82) is 0 Å². The first-order valence-electron chi connectivity index (χ1n) is 28.1. The Hall–Kier alpha value is -6.20. The Morgan fingerprint density at radius 1 is 0.494 bits per heavy atom. The lowest BCUT2D eigenvalue weighted by atomic mass is 10.0.